The van der Waals surface area contributed by atoms with Gasteiger partial charge in [0.15, 0.2) is 11.8 Å². The minimum Gasteiger partial charge on any atom is -0.495 e. The van der Waals surface area contributed by atoms with E-state index in [1.165, 1.54) is 18.7 Å². The number of hydrogen-bond acceptors (Lipinski definition) is 13. The van der Waals surface area contributed by atoms with E-state index in [0.717, 1.165) is 63.0 Å². The average Bonchev–Trinajstić information content (AvgIpc) is 4.18. The number of pyridine rings is 1. The number of H-pyrrole nitrogens is 1. The number of nitrogens with zero attached hydrogens (tertiary/aromatic N) is 4. The van der Waals surface area contributed by atoms with E-state index in [9.17, 15) is 27.9 Å². The third kappa shape index (κ3) is 12.8. The molecule has 0 saturated carbocycles. The number of amides is 2. The van der Waals surface area contributed by atoms with Crippen molar-refractivity contribution in [2.75, 3.05) is 77.3 Å². The molecule has 6 aromatic rings. The molecular weight excluding hydrogens is 983 g/mol. The summed E-state index contributed by atoms with van der Waals surface area (Å²) in [6.45, 7) is 2.82. The largest absolute Gasteiger partial charge is 0.495 e. The Balaban J connectivity index is 0.668. The number of hydrogen-bond donors (Lipinski definition) is 6. The lowest BCUT2D eigenvalue weighted by atomic mass is 10.0. The summed E-state index contributed by atoms with van der Waals surface area (Å²) in [4.78, 5) is 39.3. The van der Waals surface area contributed by atoms with Crippen molar-refractivity contribution >= 4 is 56.9 Å². The first kappa shape index (κ1) is 52.1. The molecule has 3 fully saturated rings. The molecule has 3 aliphatic rings. The maximum Gasteiger partial charge on any atom is 0.406 e. The third-order valence-corrected chi connectivity index (χ3v) is 13.6. The predicted octanol–water partition coefficient (Wildman–Crippen LogP) is 7.16. The number of halogens is 4. The Hall–Kier alpha value is -6.76. The number of imidazole rings is 1. The second-order valence-corrected chi connectivity index (χ2v) is 18.9. The first-order chi connectivity index (χ1) is 35.8. The number of nitrogens with one attached hydrogen (secondary N) is 5. The van der Waals surface area contributed by atoms with Crippen LogP contribution in [0.5, 0.6) is 17.5 Å². The fourth-order valence-corrected chi connectivity index (χ4v) is 9.84. The minimum atomic E-state index is -4.45. The Morgan fingerprint density at radius 1 is 0.973 bits per heavy atom. The van der Waals surface area contributed by atoms with Crippen molar-refractivity contribution in [1.29, 1.82) is 0 Å². The number of ether oxygens (including phenoxy) is 5. The molecule has 392 valence electrons. The number of alkyl halides is 3. The molecule has 0 bridgehead atoms. The summed E-state index contributed by atoms with van der Waals surface area (Å²) in [6.07, 6.45) is -1.46. The highest BCUT2D eigenvalue weighted by Crippen LogP contribution is 2.35. The quantitative estimate of drug-likeness (QED) is 0.0333. The van der Waals surface area contributed by atoms with E-state index in [-0.39, 0.29) is 55.4 Å². The number of aromatic amines is 1. The summed E-state index contributed by atoms with van der Waals surface area (Å²) in [5.74, 6) is 6.70. The number of methoxy groups -OCH3 is 1. The fourth-order valence-electron chi connectivity index (χ4n) is 9.58. The number of fused-ring (bicyclic) bond motifs is 3. The van der Waals surface area contributed by atoms with Crippen molar-refractivity contribution in [1.82, 2.24) is 35.1 Å². The highest BCUT2D eigenvalue weighted by molar-refractivity contribution is 6.33. The molecule has 0 radical (unpaired) electrons. The third-order valence-electron chi connectivity index (χ3n) is 13.4. The number of carbonyl (C=O) groups is 2. The molecule has 3 aromatic carbocycles. The molecule has 0 aliphatic carbocycles. The molecule has 9 rings (SSSR count). The summed E-state index contributed by atoms with van der Waals surface area (Å²) in [5, 5.41) is 23.4. The second-order valence-electron chi connectivity index (χ2n) is 18.5. The number of anilines is 2. The Morgan fingerprint density at radius 3 is 2.57 bits per heavy atom. The summed E-state index contributed by atoms with van der Waals surface area (Å²) in [7, 11) is 3.02. The molecule has 3 aromatic heterocycles. The van der Waals surface area contributed by atoms with Crippen molar-refractivity contribution in [2.45, 2.75) is 81.7 Å². The Kier molecular flexibility index (Phi) is 16.6. The summed E-state index contributed by atoms with van der Waals surface area (Å²) >= 11 is 6.63. The second kappa shape index (κ2) is 23.6. The number of aliphatic hydroxyl groups is 1. The molecule has 74 heavy (non-hydrogen) atoms. The van der Waals surface area contributed by atoms with Crippen molar-refractivity contribution in [3.63, 3.8) is 0 Å². The maximum atomic E-state index is 13.9. The number of rotatable bonds is 20. The number of unbranched alkanes of at least 4 members (excludes halogenated alkanes) is 2. The van der Waals surface area contributed by atoms with Gasteiger partial charge in [0.1, 0.15) is 43.0 Å². The van der Waals surface area contributed by atoms with Gasteiger partial charge in [-0.2, -0.15) is 18.2 Å². The highest BCUT2D eigenvalue weighted by Gasteiger charge is 2.48. The Morgan fingerprint density at radius 2 is 1.78 bits per heavy atom. The van der Waals surface area contributed by atoms with Crippen LogP contribution in [-0.4, -0.2) is 145 Å². The van der Waals surface area contributed by atoms with Gasteiger partial charge in [-0.1, -0.05) is 30.0 Å². The lowest BCUT2D eigenvalue weighted by molar-refractivity contribution is -0.140. The van der Waals surface area contributed by atoms with Crippen LogP contribution >= 0.6 is 11.6 Å². The van der Waals surface area contributed by atoms with Crippen LogP contribution in [0.15, 0.2) is 72.8 Å². The van der Waals surface area contributed by atoms with Gasteiger partial charge in [0.2, 0.25) is 5.91 Å². The zero-order valence-electron chi connectivity index (χ0n) is 41.0. The molecule has 4 atom stereocenters. The number of likely N-dealkylation sites (tertiary alicyclic amines) is 1. The summed E-state index contributed by atoms with van der Waals surface area (Å²) in [6, 6.07) is 21.5. The molecule has 0 unspecified atom stereocenters. The Bertz CT molecular complexity index is 2990. The normalized spacial score (nSPS) is 19.0. The summed E-state index contributed by atoms with van der Waals surface area (Å²) in [5.41, 5.74) is 4.85. The van der Waals surface area contributed by atoms with E-state index in [1.54, 1.807) is 42.5 Å². The lowest BCUT2D eigenvalue weighted by Crippen LogP contribution is -2.39. The molecule has 0 spiro atoms. The van der Waals surface area contributed by atoms with E-state index in [1.807, 2.05) is 30.3 Å². The number of carbonyl (C=O) groups excluding carboxylic acids is 2. The van der Waals surface area contributed by atoms with Crippen molar-refractivity contribution < 1.29 is 51.6 Å². The van der Waals surface area contributed by atoms with E-state index in [0.29, 0.717) is 75.1 Å². The molecule has 6 N–H and O–H groups in total. The van der Waals surface area contributed by atoms with Gasteiger partial charge in [0, 0.05) is 54.8 Å². The van der Waals surface area contributed by atoms with Crippen molar-refractivity contribution in [2.24, 2.45) is 0 Å². The molecule has 3 aliphatic heterocycles. The fraction of sp³-hybridized carbons (Fsp3) is 0.434. The predicted molar refractivity (Wildman–Crippen MR) is 274 cm³/mol. The van der Waals surface area contributed by atoms with Crippen LogP contribution in [0.3, 0.4) is 0 Å². The highest BCUT2D eigenvalue weighted by atomic mass is 35.5. The van der Waals surface area contributed by atoms with Crippen molar-refractivity contribution in [3.05, 3.63) is 89.1 Å². The van der Waals surface area contributed by atoms with Gasteiger partial charge in [-0.05, 0) is 105 Å². The minimum absolute atomic E-state index is 0.0196. The number of benzene rings is 3. The van der Waals surface area contributed by atoms with E-state index >= 15 is 0 Å². The van der Waals surface area contributed by atoms with Gasteiger partial charge < -0.3 is 64.5 Å². The number of piperidine rings is 1. The smallest absolute Gasteiger partial charge is 0.406 e. The van der Waals surface area contributed by atoms with Gasteiger partial charge in [-0.15, -0.1) is 0 Å². The zero-order chi connectivity index (χ0) is 51.8. The van der Waals surface area contributed by atoms with E-state index in [4.69, 9.17) is 35.3 Å². The van der Waals surface area contributed by atoms with Crippen LogP contribution in [0.1, 0.15) is 54.6 Å². The van der Waals surface area contributed by atoms with Crippen LogP contribution in [-0.2, 0) is 20.8 Å². The molecule has 6 heterocycles. The SMILES string of the molecule is CNC(=O)c1ccc(NCC#Cc2cc3c(NC4CCN(CCCCCC(=O)NCCOc5ccc(-c6nc7nc(O[C@@H]8CO[C@H]9[C@@H]8OC[C@H]9O)[nH]c7cc6Cl)cc5)CC4)cccc3n2CC(F)(F)F)c(OC)c1. The topological polar surface area (TPSA) is 198 Å². The molecule has 3 saturated heterocycles. The van der Waals surface area contributed by atoms with Gasteiger partial charge in [-0.25, -0.2) is 4.98 Å². The molecular formula is C53H59ClF3N9O8. The lowest BCUT2D eigenvalue weighted by Gasteiger charge is -2.33. The van der Waals surface area contributed by atoms with Crippen molar-refractivity contribution in [3.8, 4) is 40.6 Å². The summed E-state index contributed by atoms with van der Waals surface area (Å²) < 4.78 is 71.4. The number of aliphatic hydroxyl groups excluding tert-OH is 1. The molecule has 21 heteroatoms. The van der Waals surface area contributed by atoms with Crippen LogP contribution in [0.4, 0.5) is 24.5 Å². The monoisotopic (exact) mass is 1040 g/mol. The average molecular weight is 1040 g/mol. The molecule has 17 nitrogen and oxygen atoms in total. The number of aromatic nitrogens is 4. The van der Waals surface area contributed by atoms with Gasteiger partial charge in [0.25, 0.3) is 11.9 Å². The first-order valence-electron chi connectivity index (χ1n) is 24.8. The molecule has 2 amide bonds. The van der Waals surface area contributed by atoms with Crippen LogP contribution in [0, 0.1) is 11.8 Å². The van der Waals surface area contributed by atoms with E-state index in [2.05, 4.69) is 53.0 Å². The van der Waals surface area contributed by atoms with Crippen LogP contribution in [0.25, 0.3) is 33.3 Å². The van der Waals surface area contributed by atoms with Gasteiger partial charge >= 0.3 is 6.18 Å². The zero-order valence-corrected chi connectivity index (χ0v) is 41.8. The van der Waals surface area contributed by atoms with Gasteiger partial charge in [0.05, 0.1) is 66.5 Å². The van der Waals surface area contributed by atoms with Crippen LogP contribution in [0.2, 0.25) is 5.02 Å². The van der Waals surface area contributed by atoms with Gasteiger partial charge in [-0.3, -0.25) is 9.59 Å². The standard InChI is InChI=1S/C53H59ClF3N9O8/c1-58-51(69)33-14-17-40(44(26-33)70-2)59-20-7-8-35-27-37-39(9-6-10-42(37)66(35)31-53(55,56)57)61-34-18-23-65(24-19-34)22-5-3-4-11-46(68)60-21-25-71-36-15-12-32(13-16-36)47-38(54)28-41-50(63-47)64-52(62-41)74-45-30-73-48-43(67)29-72-49(45)48/h6,9-10,12-17,26-28,34,43,45,48-49,59,61,67H,3-5,11,18-25,29-31H2,1-2H3,(H,58,69)(H,60,68)(H,62,63,64)/t43-,45-,48-,49-/m1/s1. The Labute approximate surface area is 430 Å². The van der Waals surface area contributed by atoms with Crippen LogP contribution < -0.4 is 35.5 Å². The van der Waals surface area contributed by atoms with E-state index < -0.39 is 31.0 Å². The maximum absolute atomic E-state index is 13.9. The first-order valence-corrected chi connectivity index (χ1v) is 25.1.